The lowest BCUT2D eigenvalue weighted by Gasteiger charge is -2.19. The van der Waals surface area contributed by atoms with Gasteiger partial charge in [0.15, 0.2) is 5.96 Å². The Morgan fingerprint density at radius 2 is 2.07 bits per heavy atom. The van der Waals surface area contributed by atoms with Crippen molar-refractivity contribution in [1.29, 1.82) is 0 Å². The molecule has 6 heteroatoms. The third-order valence-electron chi connectivity index (χ3n) is 4.52. The molecule has 1 fully saturated rings. The monoisotopic (exact) mass is 365 g/mol. The Balaban J connectivity index is 1.57. The van der Waals surface area contributed by atoms with E-state index in [2.05, 4.69) is 26.7 Å². The summed E-state index contributed by atoms with van der Waals surface area (Å²) in [5.74, 6) is 0.894. The highest BCUT2D eigenvalue weighted by atomic mass is 16.2. The molecule has 2 heterocycles. The summed E-state index contributed by atoms with van der Waals surface area (Å²) >= 11 is 0. The molecule has 1 aliphatic rings. The minimum absolute atomic E-state index is 0.0524. The average molecular weight is 365 g/mol. The molecule has 142 valence electrons. The fourth-order valence-electron chi connectivity index (χ4n) is 3.12. The van der Waals surface area contributed by atoms with Gasteiger partial charge in [-0.05, 0) is 44.0 Å². The van der Waals surface area contributed by atoms with Gasteiger partial charge in [0.1, 0.15) is 0 Å². The van der Waals surface area contributed by atoms with Gasteiger partial charge in [-0.1, -0.05) is 24.3 Å². The van der Waals surface area contributed by atoms with Gasteiger partial charge in [0, 0.05) is 43.6 Å². The second kappa shape index (κ2) is 9.16. The standard InChI is InChI=1S/C21H27N5O/c1-3-22-21(23-12-11-17-10-9-16(2)24-14-17)25-18-13-20(27)26(15-18)19-7-5-4-6-8-19/h4-10,14,18H,3,11-13,15H2,1-2H3,(H2,22,23,25). The van der Waals surface area contributed by atoms with Gasteiger partial charge in [-0.25, -0.2) is 0 Å². The lowest BCUT2D eigenvalue weighted by Crippen LogP contribution is -2.44. The summed E-state index contributed by atoms with van der Waals surface area (Å²) < 4.78 is 0. The van der Waals surface area contributed by atoms with Gasteiger partial charge in [0.2, 0.25) is 5.91 Å². The molecule has 1 aliphatic heterocycles. The number of carbonyl (C=O) groups is 1. The lowest BCUT2D eigenvalue weighted by atomic mass is 10.2. The van der Waals surface area contributed by atoms with Gasteiger partial charge >= 0.3 is 0 Å². The smallest absolute Gasteiger partial charge is 0.229 e. The fraction of sp³-hybridized carbons (Fsp3) is 0.381. The van der Waals surface area contributed by atoms with Crippen LogP contribution in [0.2, 0.25) is 0 Å². The molecule has 0 spiro atoms. The maximum Gasteiger partial charge on any atom is 0.229 e. The van der Waals surface area contributed by atoms with E-state index in [4.69, 9.17) is 0 Å². The van der Waals surface area contributed by atoms with Gasteiger partial charge in [-0.3, -0.25) is 14.8 Å². The highest BCUT2D eigenvalue weighted by Crippen LogP contribution is 2.20. The summed E-state index contributed by atoms with van der Waals surface area (Å²) in [4.78, 5) is 23.2. The highest BCUT2D eigenvalue weighted by Gasteiger charge is 2.30. The zero-order valence-corrected chi connectivity index (χ0v) is 16.0. The number of nitrogens with zero attached hydrogens (tertiary/aromatic N) is 3. The molecule has 0 saturated carbocycles. The van der Waals surface area contributed by atoms with Crippen molar-refractivity contribution in [1.82, 2.24) is 15.6 Å². The first-order valence-corrected chi connectivity index (χ1v) is 9.47. The Labute approximate surface area is 160 Å². The molecular weight excluding hydrogens is 338 g/mol. The molecule has 0 radical (unpaired) electrons. The number of aryl methyl sites for hydroxylation is 1. The van der Waals surface area contributed by atoms with Gasteiger partial charge in [-0.15, -0.1) is 0 Å². The summed E-state index contributed by atoms with van der Waals surface area (Å²) in [5, 5.41) is 6.67. The van der Waals surface area contributed by atoms with Crippen molar-refractivity contribution in [3.63, 3.8) is 0 Å². The molecule has 1 atom stereocenters. The summed E-state index contributed by atoms with van der Waals surface area (Å²) in [6.45, 7) is 6.12. The Morgan fingerprint density at radius 1 is 1.26 bits per heavy atom. The van der Waals surface area contributed by atoms with Gasteiger partial charge < -0.3 is 15.5 Å². The molecule has 0 aliphatic carbocycles. The fourth-order valence-corrected chi connectivity index (χ4v) is 3.12. The number of nitrogens with one attached hydrogen (secondary N) is 2. The van der Waals surface area contributed by atoms with E-state index >= 15 is 0 Å². The molecule has 2 aromatic rings. The van der Waals surface area contributed by atoms with E-state index in [1.165, 1.54) is 5.56 Å². The number of pyridine rings is 1. The van der Waals surface area contributed by atoms with Crippen molar-refractivity contribution >= 4 is 17.6 Å². The number of para-hydroxylation sites is 1. The molecule has 2 N–H and O–H groups in total. The summed E-state index contributed by atoms with van der Waals surface area (Å²) in [7, 11) is 0. The molecule has 3 rings (SSSR count). The number of benzene rings is 1. The quantitative estimate of drug-likeness (QED) is 0.609. The first kappa shape index (κ1) is 18.9. The first-order valence-electron chi connectivity index (χ1n) is 9.47. The molecule has 1 saturated heterocycles. The zero-order chi connectivity index (χ0) is 19.1. The van der Waals surface area contributed by atoms with E-state index in [1.54, 1.807) is 0 Å². The van der Waals surface area contributed by atoms with Crippen LogP contribution in [0.25, 0.3) is 0 Å². The number of hydrogen-bond donors (Lipinski definition) is 2. The van der Waals surface area contributed by atoms with Gasteiger partial charge in [0.25, 0.3) is 0 Å². The molecule has 1 aromatic carbocycles. The average Bonchev–Trinajstić information content (AvgIpc) is 3.04. The Morgan fingerprint density at radius 3 is 2.78 bits per heavy atom. The van der Waals surface area contributed by atoms with Crippen LogP contribution in [-0.4, -0.2) is 42.5 Å². The highest BCUT2D eigenvalue weighted by molar-refractivity contribution is 5.97. The SMILES string of the molecule is CCNC(=NCCc1ccc(C)nc1)NC1CC(=O)N(c2ccccc2)C1. The maximum atomic E-state index is 12.4. The van der Waals surface area contributed by atoms with E-state index in [9.17, 15) is 4.79 Å². The third kappa shape index (κ3) is 5.29. The van der Waals surface area contributed by atoms with Crippen molar-refractivity contribution in [2.45, 2.75) is 32.7 Å². The second-order valence-corrected chi connectivity index (χ2v) is 6.70. The van der Waals surface area contributed by atoms with Crippen molar-refractivity contribution in [2.75, 3.05) is 24.5 Å². The van der Waals surface area contributed by atoms with Crippen LogP contribution in [0.5, 0.6) is 0 Å². The predicted molar refractivity (Wildman–Crippen MR) is 109 cm³/mol. The van der Waals surface area contributed by atoms with Crippen molar-refractivity contribution in [3.05, 3.63) is 59.9 Å². The van der Waals surface area contributed by atoms with Crippen LogP contribution in [-0.2, 0) is 11.2 Å². The molecule has 1 amide bonds. The van der Waals surface area contributed by atoms with Gasteiger partial charge in [0.05, 0.1) is 6.04 Å². The normalized spacial score (nSPS) is 17.3. The molecule has 1 unspecified atom stereocenters. The molecule has 0 bridgehead atoms. The topological polar surface area (TPSA) is 69.6 Å². The second-order valence-electron chi connectivity index (χ2n) is 6.70. The minimum Gasteiger partial charge on any atom is -0.357 e. The number of carbonyl (C=O) groups excluding carboxylic acids is 1. The number of anilines is 1. The van der Waals surface area contributed by atoms with Crippen LogP contribution in [0.15, 0.2) is 53.7 Å². The Bertz CT molecular complexity index is 773. The molecule has 27 heavy (non-hydrogen) atoms. The third-order valence-corrected chi connectivity index (χ3v) is 4.52. The Kier molecular flexibility index (Phi) is 6.41. The van der Waals surface area contributed by atoms with Crippen LogP contribution < -0.4 is 15.5 Å². The van der Waals surface area contributed by atoms with E-state index < -0.39 is 0 Å². The largest absolute Gasteiger partial charge is 0.357 e. The number of amides is 1. The summed E-state index contributed by atoms with van der Waals surface area (Å²) in [5.41, 5.74) is 3.14. The first-order chi connectivity index (χ1) is 13.2. The van der Waals surface area contributed by atoms with E-state index in [-0.39, 0.29) is 11.9 Å². The number of rotatable bonds is 6. The van der Waals surface area contributed by atoms with Crippen molar-refractivity contribution in [2.24, 2.45) is 4.99 Å². The number of aromatic nitrogens is 1. The van der Waals surface area contributed by atoms with Crippen molar-refractivity contribution < 1.29 is 4.79 Å². The van der Waals surface area contributed by atoms with Crippen LogP contribution in [0.4, 0.5) is 5.69 Å². The predicted octanol–water partition coefficient (Wildman–Crippen LogP) is 2.29. The number of guanidine groups is 1. The van der Waals surface area contributed by atoms with E-state index in [1.807, 2.05) is 61.3 Å². The van der Waals surface area contributed by atoms with Crippen LogP contribution >= 0.6 is 0 Å². The van der Waals surface area contributed by atoms with E-state index in [0.29, 0.717) is 19.5 Å². The molecule has 6 nitrogen and oxygen atoms in total. The van der Waals surface area contributed by atoms with Crippen molar-refractivity contribution in [3.8, 4) is 0 Å². The summed E-state index contributed by atoms with van der Waals surface area (Å²) in [6.07, 6.45) is 3.21. The molecular formula is C21H27N5O. The van der Waals surface area contributed by atoms with Crippen LogP contribution in [0, 0.1) is 6.92 Å². The van der Waals surface area contributed by atoms with Crippen LogP contribution in [0.1, 0.15) is 24.6 Å². The molecule has 1 aromatic heterocycles. The van der Waals surface area contributed by atoms with E-state index in [0.717, 1.165) is 30.3 Å². The minimum atomic E-state index is 0.0524. The lowest BCUT2D eigenvalue weighted by molar-refractivity contribution is -0.117. The summed E-state index contributed by atoms with van der Waals surface area (Å²) in [6, 6.07) is 14.0. The zero-order valence-electron chi connectivity index (χ0n) is 16.0. The maximum absolute atomic E-state index is 12.4. The number of aliphatic imine (C=N–C) groups is 1. The van der Waals surface area contributed by atoms with Crippen LogP contribution in [0.3, 0.4) is 0 Å². The number of hydrogen-bond acceptors (Lipinski definition) is 3. The Hall–Kier alpha value is -2.89. The van der Waals surface area contributed by atoms with Gasteiger partial charge in [-0.2, -0.15) is 0 Å².